The van der Waals surface area contributed by atoms with Gasteiger partial charge in [-0.15, -0.1) is 0 Å². The summed E-state index contributed by atoms with van der Waals surface area (Å²) >= 11 is 0. The van der Waals surface area contributed by atoms with Gasteiger partial charge in [0.1, 0.15) is 0 Å². The molecule has 4 nitrogen and oxygen atoms in total. The summed E-state index contributed by atoms with van der Waals surface area (Å²) in [5.41, 5.74) is 6.32. The molecule has 2 rings (SSSR count). The van der Waals surface area contributed by atoms with Crippen LogP contribution in [0.15, 0.2) is 0 Å². The number of likely N-dealkylation sites (tertiary alicyclic amines) is 2. The molecule has 0 unspecified atom stereocenters. The van der Waals surface area contributed by atoms with Gasteiger partial charge in [-0.2, -0.15) is 0 Å². The predicted octanol–water partition coefficient (Wildman–Crippen LogP) is 0.114. The molecule has 17 heavy (non-hydrogen) atoms. The van der Waals surface area contributed by atoms with E-state index >= 15 is 0 Å². The van der Waals surface area contributed by atoms with Crippen molar-refractivity contribution in [2.24, 2.45) is 11.7 Å². The minimum Gasteiger partial charge on any atom is -0.396 e. The van der Waals surface area contributed by atoms with Crippen molar-refractivity contribution in [2.45, 2.75) is 31.2 Å². The zero-order valence-electron chi connectivity index (χ0n) is 11.1. The first-order chi connectivity index (χ1) is 8.20. The Kier molecular flexibility index (Phi) is 4.42. The van der Waals surface area contributed by atoms with Gasteiger partial charge in [-0.25, -0.2) is 0 Å². The van der Waals surface area contributed by atoms with Gasteiger partial charge in [0.15, 0.2) is 0 Å². The van der Waals surface area contributed by atoms with Crippen LogP contribution in [0.5, 0.6) is 0 Å². The molecule has 0 atom stereocenters. The van der Waals surface area contributed by atoms with Crippen LogP contribution in [-0.2, 0) is 0 Å². The largest absolute Gasteiger partial charge is 0.396 e. The summed E-state index contributed by atoms with van der Waals surface area (Å²) in [6.45, 7) is 5.70. The molecule has 4 heteroatoms. The molecule has 0 spiro atoms. The van der Waals surface area contributed by atoms with E-state index in [1.54, 1.807) is 0 Å². The molecule has 2 saturated heterocycles. The average Bonchev–Trinajstić information content (AvgIpc) is 2.40. The summed E-state index contributed by atoms with van der Waals surface area (Å²) in [6.07, 6.45) is 4.66. The molecular formula is C13H27N3O. The Morgan fingerprint density at radius 1 is 1.18 bits per heavy atom. The Hall–Kier alpha value is -0.160. The number of hydrogen-bond donors (Lipinski definition) is 2. The van der Waals surface area contributed by atoms with Crippen LogP contribution in [0.2, 0.25) is 0 Å². The highest BCUT2D eigenvalue weighted by molar-refractivity contribution is 4.97. The van der Waals surface area contributed by atoms with E-state index in [2.05, 4.69) is 16.8 Å². The van der Waals surface area contributed by atoms with Crippen LogP contribution in [0.3, 0.4) is 0 Å². The molecule has 2 aliphatic heterocycles. The fraction of sp³-hybridized carbons (Fsp3) is 1.00. The summed E-state index contributed by atoms with van der Waals surface area (Å²) in [4.78, 5) is 5.00. The lowest BCUT2D eigenvalue weighted by atomic mass is 9.83. The van der Waals surface area contributed by atoms with Crippen LogP contribution in [0.4, 0.5) is 0 Å². The van der Waals surface area contributed by atoms with Gasteiger partial charge >= 0.3 is 0 Å². The molecule has 2 fully saturated rings. The van der Waals surface area contributed by atoms with Crippen LogP contribution in [-0.4, -0.2) is 66.8 Å². The number of rotatable bonds is 3. The van der Waals surface area contributed by atoms with Crippen molar-refractivity contribution >= 4 is 0 Å². The zero-order valence-corrected chi connectivity index (χ0v) is 11.1. The molecule has 0 amide bonds. The Labute approximate surface area is 105 Å². The maximum atomic E-state index is 9.19. The zero-order chi connectivity index (χ0) is 12.3. The SMILES string of the molecule is CN1CCC(CN)(N2CCC(CO)CC2)CC1. The van der Waals surface area contributed by atoms with Crippen molar-refractivity contribution in [3.8, 4) is 0 Å². The predicted molar refractivity (Wildman–Crippen MR) is 69.9 cm³/mol. The average molecular weight is 241 g/mol. The standard InChI is InChI=1S/C13H27N3O/c1-15-8-4-13(11-14,5-9-15)16-6-2-12(10-17)3-7-16/h12,17H,2-11,14H2,1H3. The molecule has 100 valence electrons. The van der Waals surface area contributed by atoms with Crippen LogP contribution < -0.4 is 5.73 Å². The van der Waals surface area contributed by atoms with Gasteiger partial charge in [-0.05, 0) is 64.8 Å². The molecule has 0 saturated carbocycles. The molecule has 0 aromatic rings. The fourth-order valence-electron chi connectivity index (χ4n) is 3.27. The third-order valence-corrected chi connectivity index (χ3v) is 4.84. The lowest BCUT2D eigenvalue weighted by molar-refractivity contribution is 0.00277. The summed E-state index contributed by atoms with van der Waals surface area (Å²) in [5.74, 6) is 0.521. The second kappa shape index (κ2) is 5.65. The Balaban J connectivity index is 1.94. The maximum Gasteiger partial charge on any atom is 0.0460 e. The van der Waals surface area contributed by atoms with Gasteiger partial charge in [0.2, 0.25) is 0 Å². The lowest BCUT2D eigenvalue weighted by Crippen LogP contribution is -2.60. The maximum absolute atomic E-state index is 9.19. The number of piperidine rings is 2. The molecule has 0 aliphatic carbocycles. The molecule has 2 heterocycles. The molecule has 3 N–H and O–H groups in total. The summed E-state index contributed by atoms with van der Waals surface area (Å²) in [7, 11) is 2.19. The van der Waals surface area contributed by atoms with Crippen molar-refractivity contribution < 1.29 is 5.11 Å². The molecule has 0 aromatic carbocycles. The smallest absolute Gasteiger partial charge is 0.0460 e. The fourth-order valence-corrected chi connectivity index (χ4v) is 3.27. The van der Waals surface area contributed by atoms with E-state index in [0.717, 1.165) is 45.6 Å². The van der Waals surface area contributed by atoms with Crippen molar-refractivity contribution in [1.82, 2.24) is 9.80 Å². The van der Waals surface area contributed by atoms with Crippen molar-refractivity contribution in [3.63, 3.8) is 0 Å². The highest BCUT2D eigenvalue weighted by atomic mass is 16.3. The van der Waals surface area contributed by atoms with Crippen LogP contribution >= 0.6 is 0 Å². The Morgan fingerprint density at radius 2 is 1.76 bits per heavy atom. The van der Waals surface area contributed by atoms with Gasteiger partial charge in [-0.3, -0.25) is 4.90 Å². The molecule has 2 aliphatic rings. The Bertz CT molecular complexity index is 231. The monoisotopic (exact) mass is 241 g/mol. The first-order valence-corrected chi connectivity index (χ1v) is 6.95. The molecule has 0 bridgehead atoms. The minimum absolute atomic E-state index is 0.243. The number of hydrogen-bond acceptors (Lipinski definition) is 4. The molecular weight excluding hydrogens is 214 g/mol. The third kappa shape index (κ3) is 2.81. The highest BCUT2D eigenvalue weighted by Crippen LogP contribution is 2.31. The minimum atomic E-state index is 0.243. The first-order valence-electron chi connectivity index (χ1n) is 6.95. The third-order valence-electron chi connectivity index (χ3n) is 4.84. The highest BCUT2D eigenvalue weighted by Gasteiger charge is 2.39. The summed E-state index contributed by atoms with van der Waals surface area (Å²) in [6, 6.07) is 0. The molecule has 0 radical (unpaired) electrons. The van der Waals surface area contributed by atoms with Crippen LogP contribution in [0.1, 0.15) is 25.7 Å². The molecule has 0 aromatic heterocycles. The second-order valence-electron chi connectivity index (χ2n) is 5.84. The van der Waals surface area contributed by atoms with E-state index in [1.807, 2.05) is 0 Å². The quantitative estimate of drug-likeness (QED) is 0.736. The summed E-state index contributed by atoms with van der Waals surface area (Å²) < 4.78 is 0. The Morgan fingerprint density at radius 3 is 2.24 bits per heavy atom. The number of aliphatic hydroxyl groups is 1. The normalized spacial score (nSPS) is 28.4. The van der Waals surface area contributed by atoms with E-state index in [1.165, 1.54) is 12.8 Å². The van der Waals surface area contributed by atoms with Gasteiger partial charge in [0.05, 0.1) is 0 Å². The van der Waals surface area contributed by atoms with E-state index in [9.17, 15) is 5.11 Å². The van der Waals surface area contributed by atoms with Crippen molar-refractivity contribution in [2.75, 3.05) is 46.4 Å². The topological polar surface area (TPSA) is 52.7 Å². The van der Waals surface area contributed by atoms with Crippen molar-refractivity contribution in [1.29, 1.82) is 0 Å². The lowest BCUT2D eigenvalue weighted by Gasteiger charge is -2.50. The van der Waals surface area contributed by atoms with Gasteiger partial charge < -0.3 is 15.7 Å². The van der Waals surface area contributed by atoms with E-state index in [-0.39, 0.29) is 5.54 Å². The van der Waals surface area contributed by atoms with Gasteiger partial charge in [0, 0.05) is 18.7 Å². The first kappa shape index (κ1) is 13.3. The van der Waals surface area contributed by atoms with Crippen LogP contribution in [0, 0.1) is 5.92 Å². The van der Waals surface area contributed by atoms with Crippen LogP contribution in [0.25, 0.3) is 0 Å². The summed E-state index contributed by atoms with van der Waals surface area (Å²) in [5, 5.41) is 9.19. The van der Waals surface area contributed by atoms with Gasteiger partial charge in [-0.1, -0.05) is 0 Å². The second-order valence-corrected chi connectivity index (χ2v) is 5.84. The van der Waals surface area contributed by atoms with E-state index < -0.39 is 0 Å². The van der Waals surface area contributed by atoms with Crippen molar-refractivity contribution in [3.05, 3.63) is 0 Å². The van der Waals surface area contributed by atoms with Gasteiger partial charge in [0.25, 0.3) is 0 Å². The number of aliphatic hydroxyl groups excluding tert-OH is 1. The van der Waals surface area contributed by atoms with E-state index in [4.69, 9.17) is 5.73 Å². The van der Waals surface area contributed by atoms with E-state index in [0.29, 0.717) is 12.5 Å². The number of nitrogens with zero attached hydrogens (tertiary/aromatic N) is 2. The number of nitrogens with two attached hydrogens (primary N) is 1.